The summed E-state index contributed by atoms with van der Waals surface area (Å²) in [5.74, 6) is -1.12. The van der Waals surface area contributed by atoms with Crippen LogP contribution in [0.5, 0.6) is 0 Å². The number of amides is 1. The van der Waals surface area contributed by atoms with Crippen molar-refractivity contribution in [2.24, 2.45) is 11.1 Å². The first-order valence-corrected chi connectivity index (χ1v) is 8.94. The van der Waals surface area contributed by atoms with Crippen molar-refractivity contribution in [1.29, 1.82) is 0 Å². The normalized spacial score (nSPS) is 14.7. The van der Waals surface area contributed by atoms with E-state index >= 15 is 0 Å². The second-order valence-corrected chi connectivity index (χ2v) is 6.99. The second kappa shape index (κ2) is 8.34. The van der Waals surface area contributed by atoms with Crippen LogP contribution in [-0.2, 0) is 29.0 Å². The maximum absolute atomic E-state index is 11.8. The summed E-state index contributed by atoms with van der Waals surface area (Å²) in [6, 6.07) is 7.78. The Morgan fingerprint density at radius 1 is 1.48 bits per heavy atom. The van der Waals surface area contributed by atoms with Crippen LogP contribution in [0.4, 0.5) is 0 Å². The summed E-state index contributed by atoms with van der Waals surface area (Å²) < 4.78 is 23.6. The highest BCUT2D eigenvalue weighted by Gasteiger charge is 2.33. The molecule has 0 radical (unpaired) electrons. The van der Waals surface area contributed by atoms with Crippen LogP contribution < -0.4 is 11.2 Å². The largest absolute Gasteiger partial charge is 0.772 e. The van der Waals surface area contributed by atoms with Crippen molar-refractivity contribution in [3.63, 3.8) is 0 Å². The van der Waals surface area contributed by atoms with Crippen molar-refractivity contribution in [2.75, 3.05) is 5.75 Å². The van der Waals surface area contributed by atoms with E-state index in [2.05, 4.69) is 5.10 Å². The van der Waals surface area contributed by atoms with Crippen molar-refractivity contribution in [1.82, 2.24) is 15.3 Å². The van der Waals surface area contributed by atoms with E-state index in [1.165, 1.54) is 12.4 Å². The number of carbonyl (C=O) groups is 1. The molecule has 8 nitrogen and oxygen atoms in total. The summed E-state index contributed by atoms with van der Waals surface area (Å²) >= 11 is -2.41. The van der Waals surface area contributed by atoms with E-state index in [0.29, 0.717) is 13.1 Å². The maximum atomic E-state index is 11.8. The van der Waals surface area contributed by atoms with E-state index in [4.69, 9.17) is 10.9 Å². The predicted octanol–water partition coefficient (Wildman–Crippen LogP) is 0.790. The SMILES string of the molecule is CC(CCn1cc(-c2cccc(CN)c2)cn1)(CS(=O)[O-])C(=O)NO. The number of nitrogens with two attached hydrogens (primary N) is 1. The van der Waals surface area contributed by atoms with E-state index < -0.39 is 22.4 Å². The van der Waals surface area contributed by atoms with Gasteiger partial charge in [0.05, 0.1) is 11.6 Å². The first-order chi connectivity index (χ1) is 11.9. The molecule has 0 aliphatic rings. The van der Waals surface area contributed by atoms with Gasteiger partial charge in [0.1, 0.15) is 0 Å². The van der Waals surface area contributed by atoms with E-state index in [1.54, 1.807) is 10.9 Å². The van der Waals surface area contributed by atoms with Crippen LogP contribution >= 0.6 is 0 Å². The minimum absolute atomic E-state index is 0.206. The highest BCUT2D eigenvalue weighted by Crippen LogP contribution is 2.25. The zero-order valence-electron chi connectivity index (χ0n) is 13.8. The fraction of sp³-hybridized carbons (Fsp3) is 0.375. The Morgan fingerprint density at radius 2 is 2.24 bits per heavy atom. The lowest BCUT2D eigenvalue weighted by Gasteiger charge is -2.27. The number of nitrogens with one attached hydrogen (secondary N) is 1. The van der Waals surface area contributed by atoms with Crippen LogP contribution in [0.2, 0.25) is 0 Å². The quantitative estimate of drug-likeness (QED) is 0.360. The number of carbonyl (C=O) groups excluding carboxylic acids is 1. The number of aromatic nitrogens is 2. The molecule has 1 aromatic heterocycles. The van der Waals surface area contributed by atoms with Crippen LogP contribution in [0.15, 0.2) is 36.7 Å². The monoisotopic (exact) mass is 365 g/mol. The number of benzene rings is 1. The van der Waals surface area contributed by atoms with Gasteiger partial charge < -0.3 is 10.3 Å². The van der Waals surface area contributed by atoms with Crippen LogP contribution in [-0.4, -0.2) is 35.4 Å². The predicted molar refractivity (Wildman–Crippen MR) is 92.0 cm³/mol. The standard InChI is InChI=1S/C16H22N4O4S/c1-16(11-25(23)24,15(21)19-22)5-6-20-10-14(9-18-20)13-4-2-3-12(7-13)8-17/h2-4,7,9-10,22H,5-6,8,11,17H2,1H3,(H,19,21)(H,23,24)/p-1. The summed E-state index contributed by atoms with van der Waals surface area (Å²) in [6.07, 6.45) is 3.73. The van der Waals surface area contributed by atoms with Crippen molar-refractivity contribution in [3.05, 3.63) is 42.2 Å². The molecule has 0 aliphatic carbocycles. The molecule has 0 bridgehead atoms. The van der Waals surface area contributed by atoms with E-state index in [9.17, 15) is 13.6 Å². The molecule has 2 rings (SSSR count). The molecule has 2 unspecified atom stereocenters. The van der Waals surface area contributed by atoms with Crippen LogP contribution in [0.25, 0.3) is 11.1 Å². The number of hydroxylamine groups is 1. The van der Waals surface area contributed by atoms with Gasteiger partial charge in [-0.1, -0.05) is 29.3 Å². The molecule has 0 saturated heterocycles. The summed E-state index contributed by atoms with van der Waals surface area (Å²) in [6.45, 7) is 2.27. The molecule has 2 atom stereocenters. The Balaban J connectivity index is 2.11. The third-order valence-corrected chi connectivity index (χ3v) is 4.98. The van der Waals surface area contributed by atoms with Crippen LogP contribution in [0, 0.1) is 5.41 Å². The number of aryl methyl sites for hydroxylation is 1. The van der Waals surface area contributed by atoms with Crippen molar-refractivity contribution in [2.45, 2.75) is 26.4 Å². The van der Waals surface area contributed by atoms with Gasteiger partial charge in [0.15, 0.2) is 0 Å². The van der Waals surface area contributed by atoms with Crippen LogP contribution in [0.1, 0.15) is 18.9 Å². The maximum Gasteiger partial charge on any atom is 0.250 e. The van der Waals surface area contributed by atoms with Crippen molar-refractivity contribution in [3.8, 4) is 11.1 Å². The highest BCUT2D eigenvalue weighted by atomic mass is 32.2. The number of nitrogens with zero attached hydrogens (tertiary/aromatic N) is 2. The van der Waals surface area contributed by atoms with Gasteiger partial charge in [-0.05, 0) is 30.5 Å². The Morgan fingerprint density at radius 3 is 2.88 bits per heavy atom. The van der Waals surface area contributed by atoms with Gasteiger partial charge in [-0.15, -0.1) is 0 Å². The average Bonchev–Trinajstić information content (AvgIpc) is 3.08. The molecule has 25 heavy (non-hydrogen) atoms. The molecule has 1 heterocycles. The lowest BCUT2D eigenvalue weighted by molar-refractivity contribution is -0.138. The Hall–Kier alpha value is -2.07. The Kier molecular flexibility index (Phi) is 6.43. The van der Waals surface area contributed by atoms with E-state index in [-0.39, 0.29) is 12.2 Å². The smallest absolute Gasteiger partial charge is 0.250 e. The number of hydrogen-bond acceptors (Lipinski definition) is 6. The molecule has 1 aromatic carbocycles. The van der Waals surface area contributed by atoms with Gasteiger partial charge in [-0.3, -0.25) is 18.9 Å². The second-order valence-electron chi connectivity index (χ2n) is 6.10. The lowest BCUT2D eigenvalue weighted by atomic mass is 9.88. The topological polar surface area (TPSA) is 133 Å². The molecule has 0 fully saturated rings. The van der Waals surface area contributed by atoms with Gasteiger partial charge >= 0.3 is 0 Å². The van der Waals surface area contributed by atoms with Gasteiger partial charge in [-0.2, -0.15) is 5.10 Å². The minimum atomic E-state index is -2.41. The van der Waals surface area contributed by atoms with Gasteiger partial charge in [0, 0.05) is 30.6 Å². The summed E-state index contributed by atoms with van der Waals surface area (Å²) in [7, 11) is 0. The molecular weight excluding hydrogens is 344 g/mol. The first-order valence-electron chi connectivity index (χ1n) is 7.70. The average molecular weight is 365 g/mol. The summed E-state index contributed by atoms with van der Waals surface area (Å²) in [5, 5.41) is 13.1. The zero-order chi connectivity index (χ0) is 18.4. The van der Waals surface area contributed by atoms with E-state index in [0.717, 1.165) is 16.7 Å². The number of rotatable bonds is 8. The van der Waals surface area contributed by atoms with Gasteiger partial charge in [0.2, 0.25) is 5.91 Å². The molecular formula is C16H21N4O4S-. The van der Waals surface area contributed by atoms with Gasteiger partial charge in [-0.25, -0.2) is 5.48 Å². The summed E-state index contributed by atoms with van der Waals surface area (Å²) in [5.41, 5.74) is 8.83. The van der Waals surface area contributed by atoms with Gasteiger partial charge in [0.25, 0.3) is 0 Å². The molecule has 0 spiro atoms. The fourth-order valence-electron chi connectivity index (χ4n) is 2.52. The molecule has 0 saturated carbocycles. The molecule has 9 heteroatoms. The third kappa shape index (κ3) is 4.95. The molecule has 1 amide bonds. The van der Waals surface area contributed by atoms with Crippen molar-refractivity contribution < 1.29 is 18.8 Å². The summed E-state index contributed by atoms with van der Waals surface area (Å²) in [4.78, 5) is 11.8. The Bertz CT molecular complexity index is 764. The fourth-order valence-corrected chi connectivity index (χ4v) is 3.32. The minimum Gasteiger partial charge on any atom is -0.772 e. The highest BCUT2D eigenvalue weighted by molar-refractivity contribution is 7.79. The first kappa shape index (κ1) is 19.3. The number of hydrogen-bond donors (Lipinski definition) is 3. The molecule has 0 aliphatic heterocycles. The molecule has 136 valence electrons. The molecule has 4 N–H and O–H groups in total. The zero-order valence-corrected chi connectivity index (χ0v) is 14.7. The molecule has 2 aromatic rings. The lowest BCUT2D eigenvalue weighted by Crippen LogP contribution is -2.42. The Labute approximate surface area is 148 Å². The van der Waals surface area contributed by atoms with Crippen LogP contribution in [0.3, 0.4) is 0 Å². The van der Waals surface area contributed by atoms with E-state index in [1.807, 2.05) is 30.5 Å². The van der Waals surface area contributed by atoms with Crippen molar-refractivity contribution >= 4 is 17.0 Å². The third-order valence-electron chi connectivity index (χ3n) is 4.11.